The van der Waals surface area contributed by atoms with Crippen molar-refractivity contribution in [3.63, 3.8) is 0 Å². The van der Waals surface area contributed by atoms with Crippen LogP contribution >= 0.6 is 11.1 Å². The lowest BCUT2D eigenvalue weighted by molar-refractivity contribution is 1.77. The van der Waals surface area contributed by atoms with Gasteiger partial charge in [0, 0.05) is 0 Å². The van der Waals surface area contributed by atoms with Gasteiger partial charge in [-0.15, -0.1) is 0 Å². The molecule has 0 fully saturated rings. The van der Waals surface area contributed by atoms with E-state index < -0.39 is 7.38 Å². The van der Waals surface area contributed by atoms with Gasteiger partial charge >= 0.3 is 0 Å². The van der Waals surface area contributed by atoms with Crippen LogP contribution in [0.5, 0.6) is 0 Å². The summed E-state index contributed by atoms with van der Waals surface area (Å²) in [5.41, 5.74) is 0. The number of hydrogen-bond donors (Lipinski definition) is 0. The van der Waals surface area contributed by atoms with Crippen LogP contribution in [0.1, 0.15) is 0 Å². The second-order valence-electron chi connectivity index (χ2n) is 5.20. The standard InChI is InChI=1S/C16H15ClSi/c1-18(2,17)16-9-5-8-14-10-12-6-3-4-7-13(12)11-15(14)16/h3-11H,1-2H3. The summed E-state index contributed by atoms with van der Waals surface area (Å²) < 4.78 is 0. The minimum Gasteiger partial charge on any atom is -0.161 e. The lowest BCUT2D eigenvalue weighted by Gasteiger charge is -2.17. The van der Waals surface area contributed by atoms with Crippen molar-refractivity contribution >= 4 is 45.2 Å². The molecular weight excluding hydrogens is 256 g/mol. The number of rotatable bonds is 1. The van der Waals surface area contributed by atoms with E-state index in [0.29, 0.717) is 0 Å². The molecule has 3 aromatic carbocycles. The molecule has 0 heterocycles. The van der Waals surface area contributed by atoms with E-state index in [1.165, 1.54) is 26.7 Å². The van der Waals surface area contributed by atoms with Gasteiger partial charge in [-0.25, -0.2) is 0 Å². The largest absolute Gasteiger partial charge is 0.181 e. The lowest BCUT2D eigenvalue weighted by atomic mass is 10.0. The molecule has 0 nitrogen and oxygen atoms in total. The van der Waals surface area contributed by atoms with E-state index in [0.717, 1.165) is 0 Å². The first-order valence-electron chi connectivity index (χ1n) is 6.17. The lowest BCUT2D eigenvalue weighted by Crippen LogP contribution is -2.35. The molecule has 0 amide bonds. The van der Waals surface area contributed by atoms with E-state index in [9.17, 15) is 0 Å². The third-order valence-corrected chi connectivity index (χ3v) is 5.71. The van der Waals surface area contributed by atoms with Crippen molar-refractivity contribution in [1.82, 2.24) is 0 Å². The highest BCUT2D eigenvalue weighted by Crippen LogP contribution is 2.24. The van der Waals surface area contributed by atoms with Gasteiger partial charge in [0.2, 0.25) is 0 Å². The summed E-state index contributed by atoms with van der Waals surface area (Å²) in [6, 6.07) is 19.5. The molecule has 0 aromatic heterocycles. The maximum Gasteiger partial charge on any atom is 0.181 e. The molecule has 0 bridgehead atoms. The molecule has 0 aliphatic heterocycles. The Morgan fingerprint density at radius 2 is 1.39 bits per heavy atom. The molecule has 0 atom stereocenters. The average molecular weight is 271 g/mol. The van der Waals surface area contributed by atoms with Crippen LogP contribution < -0.4 is 5.19 Å². The van der Waals surface area contributed by atoms with Gasteiger partial charge in [0.25, 0.3) is 0 Å². The zero-order valence-electron chi connectivity index (χ0n) is 10.6. The van der Waals surface area contributed by atoms with E-state index in [2.05, 4.69) is 67.7 Å². The van der Waals surface area contributed by atoms with Crippen molar-refractivity contribution < 1.29 is 0 Å². The van der Waals surface area contributed by atoms with Crippen LogP contribution in [0.3, 0.4) is 0 Å². The highest BCUT2D eigenvalue weighted by Gasteiger charge is 2.22. The van der Waals surface area contributed by atoms with Gasteiger partial charge in [0.05, 0.1) is 0 Å². The summed E-state index contributed by atoms with van der Waals surface area (Å²) in [6.07, 6.45) is 0. The quantitative estimate of drug-likeness (QED) is 0.343. The van der Waals surface area contributed by atoms with Crippen molar-refractivity contribution in [2.24, 2.45) is 0 Å². The van der Waals surface area contributed by atoms with E-state index in [-0.39, 0.29) is 0 Å². The Bertz CT molecular complexity index is 726. The highest BCUT2D eigenvalue weighted by atomic mass is 35.6. The van der Waals surface area contributed by atoms with E-state index in [1.807, 2.05) is 0 Å². The fourth-order valence-corrected chi connectivity index (χ4v) is 4.33. The van der Waals surface area contributed by atoms with Gasteiger partial charge in [-0.1, -0.05) is 55.6 Å². The minimum atomic E-state index is -1.81. The first kappa shape index (κ1) is 11.8. The normalized spacial score (nSPS) is 12.2. The molecule has 0 unspecified atom stereocenters. The maximum absolute atomic E-state index is 6.63. The van der Waals surface area contributed by atoms with Gasteiger partial charge in [0.15, 0.2) is 7.38 Å². The van der Waals surface area contributed by atoms with Crippen LogP contribution in [0.15, 0.2) is 54.6 Å². The Hall–Kier alpha value is -1.31. The minimum absolute atomic E-state index is 1.28. The summed E-state index contributed by atoms with van der Waals surface area (Å²) in [7, 11) is -1.81. The second-order valence-corrected chi connectivity index (χ2v) is 11.5. The second kappa shape index (κ2) is 4.11. The van der Waals surface area contributed by atoms with Crippen molar-refractivity contribution in [1.29, 1.82) is 0 Å². The molecule has 0 aliphatic carbocycles. The zero-order chi connectivity index (χ0) is 12.8. The first-order valence-corrected chi connectivity index (χ1v) is 10.2. The van der Waals surface area contributed by atoms with Crippen molar-refractivity contribution in [2.45, 2.75) is 13.1 Å². The van der Waals surface area contributed by atoms with Crippen LogP contribution in [-0.4, -0.2) is 7.38 Å². The molecule has 0 radical (unpaired) electrons. The Balaban J connectivity index is 2.44. The first-order chi connectivity index (χ1) is 8.55. The van der Waals surface area contributed by atoms with Gasteiger partial charge in [-0.05, 0) is 38.9 Å². The Kier molecular flexibility index (Phi) is 2.69. The summed E-state index contributed by atoms with van der Waals surface area (Å²) in [6.45, 7) is 4.36. The summed E-state index contributed by atoms with van der Waals surface area (Å²) in [4.78, 5) is 0. The molecular formula is C16H15ClSi. The molecule has 0 saturated carbocycles. The SMILES string of the molecule is C[Si](C)(Cl)c1cccc2cc3ccccc3cc12. The predicted molar refractivity (Wildman–Crippen MR) is 84.4 cm³/mol. The fourth-order valence-electron chi connectivity index (χ4n) is 2.49. The van der Waals surface area contributed by atoms with E-state index in [1.54, 1.807) is 0 Å². The van der Waals surface area contributed by atoms with Gasteiger partial charge in [-0.2, -0.15) is 11.1 Å². The number of halogens is 1. The summed E-state index contributed by atoms with van der Waals surface area (Å²) in [5, 5.41) is 6.49. The topological polar surface area (TPSA) is 0 Å². The summed E-state index contributed by atoms with van der Waals surface area (Å²) in [5.74, 6) is 0. The monoisotopic (exact) mass is 270 g/mol. The van der Waals surface area contributed by atoms with Crippen LogP contribution in [0.25, 0.3) is 21.5 Å². The van der Waals surface area contributed by atoms with Crippen molar-refractivity contribution in [3.05, 3.63) is 54.6 Å². The molecule has 0 spiro atoms. The van der Waals surface area contributed by atoms with Crippen molar-refractivity contribution in [3.8, 4) is 0 Å². The van der Waals surface area contributed by atoms with E-state index >= 15 is 0 Å². The number of fused-ring (bicyclic) bond motifs is 2. The Labute approximate surface area is 113 Å². The predicted octanol–water partition coefficient (Wildman–Crippen LogP) is 4.64. The average Bonchev–Trinajstić information content (AvgIpc) is 2.34. The molecule has 90 valence electrons. The molecule has 0 aliphatic rings. The molecule has 3 rings (SSSR count). The van der Waals surface area contributed by atoms with Gasteiger partial charge in [-0.3, -0.25) is 0 Å². The van der Waals surface area contributed by atoms with Crippen molar-refractivity contribution in [2.75, 3.05) is 0 Å². The van der Waals surface area contributed by atoms with Crippen LogP contribution in [-0.2, 0) is 0 Å². The molecule has 0 N–H and O–H groups in total. The van der Waals surface area contributed by atoms with E-state index in [4.69, 9.17) is 11.1 Å². The molecule has 3 aromatic rings. The van der Waals surface area contributed by atoms with Gasteiger partial charge in [0.1, 0.15) is 0 Å². The maximum atomic E-state index is 6.63. The van der Waals surface area contributed by atoms with Crippen LogP contribution in [0.2, 0.25) is 13.1 Å². The fraction of sp³-hybridized carbons (Fsp3) is 0.125. The molecule has 2 heteroatoms. The third-order valence-electron chi connectivity index (χ3n) is 3.39. The Morgan fingerprint density at radius 1 is 0.778 bits per heavy atom. The smallest absolute Gasteiger partial charge is 0.161 e. The number of benzene rings is 3. The Morgan fingerprint density at radius 3 is 2.06 bits per heavy atom. The van der Waals surface area contributed by atoms with Crippen LogP contribution in [0.4, 0.5) is 0 Å². The zero-order valence-corrected chi connectivity index (χ0v) is 12.3. The molecule has 0 saturated heterocycles. The summed E-state index contributed by atoms with van der Waals surface area (Å²) >= 11 is 6.63. The number of hydrogen-bond acceptors (Lipinski definition) is 0. The highest BCUT2D eigenvalue weighted by molar-refractivity contribution is 7.26. The third kappa shape index (κ3) is 1.94. The van der Waals surface area contributed by atoms with Gasteiger partial charge < -0.3 is 0 Å². The molecule has 18 heavy (non-hydrogen) atoms. The van der Waals surface area contributed by atoms with Crippen LogP contribution in [0, 0.1) is 0 Å².